The molecule has 0 saturated heterocycles. The van der Waals surface area contributed by atoms with Crippen molar-refractivity contribution in [3.63, 3.8) is 0 Å². The summed E-state index contributed by atoms with van der Waals surface area (Å²) in [6.45, 7) is 2.29. The van der Waals surface area contributed by atoms with Crippen molar-refractivity contribution in [2.45, 2.75) is 19.4 Å². The molecule has 0 fully saturated rings. The van der Waals surface area contributed by atoms with Gasteiger partial charge in [-0.2, -0.15) is 0 Å². The van der Waals surface area contributed by atoms with Crippen molar-refractivity contribution in [1.29, 1.82) is 0 Å². The van der Waals surface area contributed by atoms with Crippen LogP contribution in [0.2, 0.25) is 0 Å². The van der Waals surface area contributed by atoms with E-state index in [1.165, 1.54) is 11.1 Å². The molecule has 0 heterocycles. The molecule has 1 unspecified atom stereocenters. The number of aliphatic hydroxyl groups is 1. The minimum atomic E-state index is 0.106. The molecule has 0 aliphatic carbocycles. The first-order valence-electron chi connectivity index (χ1n) is 5.56. The van der Waals surface area contributed by atoms with Crippen LogP contribution in [0.15, 0.2) is 54.6 Å². The molecular formula is C15H16O. The van der Waals surface area contributed by atoms with Gasteiger partial charge >= 0.3 is 0 Å². The Morgan fingerprint density at radius 2 is 1.62 bits per heavy atom. The Morgan fingerprint density at radius 3 is 2.31 bits per heavy atom. The van der Waals surface area contributed by atoms with E-state index in [9.17, 15) is 0 Å². The Balaban J connectivity index is 2.30. The van der Waals surface area contributed by atoms with E-state index in [1.807, 2.05) is 18.2 Å². The van der Waals surface area contributed by atoms with E-state index in [1.54, 1.807) is 0 Å². The highest BCUT2D eigenvalue weighted by molar-refractivity contribution is 5.33. The van der Waals surface area contributed by atoms with Gasteiger partial charge in [0.05, 0.1) is 6.61 Å². The van der Waals surface area contributed by atoms with Crippen molar-refractivity contribution in [2.75, 3.05) is 0 Å². The first kappa shape index (κ1) is 10.9. The first-order valence-corrected chi connectivity index (χ1v) is 5.56. The maximum absolute atomic E-state index is 9.11. The summed E-state index contributed by atoms with van der Waals surface area (Å²) in [7, 11) is 0. The fourth-order valence-electron chi connectivity index (χ4n) is 1.89. The van der Waals surface area contributed by atoms with E-state index >= 15 is 0 Å². The van der Waals surface area contributed by atoms with Gasteiger partial charge in [-0.25, -0.2) is 0 Å². The quantitative estimate of drug-likeness (QED) is 0.827. The normalized spacial score (nSPS) is 12.4. The summed E-state index contributed by atoms with van der Waals surface area (Å²) >= 11 is 0. The van der Waals surface area contributed by atoms with Crippen LogP contribution in [0.5, 0.6) is 0 Å². The SMILES string of the molecule is CC(c1ccccc1)c1cccc(CO)c1. The molecule has 0 amide bonds. The summed E-state index contributed by atoms with van der Waals surface area (Å²) in [5.41, 5.74) is 3.52. The fourth-order valence-corrected chi connectivity index (χ4v) is 1.89. The average Bonchev–Trinajstić information content (AvgIpc) is 2.39. The van der Waals surface area contributed by atoms with Crippen LogP contribution in [0.4, 0.5) is 0 Å². The summed E-state index contributed by atoms with van der Waals surface area (Å²) in [4.78, 5) is 0. The molecule has 1 atom stereocenters. The van der Waals surface area contributed by atoms with E-state index < -0.39 is 0 Å². The second kappa shape index (κ2) is 4.95. The van der Waals surface area contributed by atoms with Crippen molar-refractivity contribution < 1.29 is 5.11 Å². The molecule has 0 bridgehead atoms. The van der Waals surface area contributed by atoms with Gasteiger partial charge < -0.3 is 5.11 Å². The van der Waals surface area contributed by atoms with Crippen LogP contribution < -0.4 is 0 Å². The van der Waals surface area contributed by atoms with Gasteiger partial charge in [-0.05, 0) is 16.7 Å². The minimum Gasteiger partial charge on any atom is -0.392 e. The summed E-state index contributed by atoms with van der Waals surface area (Å²) < 4.78 is 0. The zero-order valence-electron chi connectivity index (χ0n) is 9.43. The van der Waals surface area contributed by atoms with Gasteiger partial charge in [0.1, 0.15) is 0 Å². The van der Waals surface area contributed by atoms with E-state index in [0.29, 0.717) is 5.92 Å². The molecule has 1 N–H and O–H groups in total. The van der Waals surface area contributed by atoms with E-state index in [4.69, 9.17) is 5.11 Å². The Labute approximate surface area is 96.4 Å². The highest BCUT2D eigenvalue weighted by Gasteiger charge is 2.07. The van der Waals surface area contributed by atoms with Crippen molar-refractivity contribution in [1.82, 2.24) is 0 Å². The van der Waals surface area contributed by atoms with Crippen LogP contribution in [-0.4, -0.2) is 5.11 Å². The van der Waals surface area contributed by atoms with Gasteiger partial charge in [-0.3, -0.25) is 0 Å². The summed E-state index contributed by atoms with van der Waals surface area (Å²) in [6, 6.07) is 18.5. The number of hydrogen-bond acceptors (Lipinski definition) is 1. The molecule has 0 spiro atoms. The molecule has 0 saturated carbocycles. The topological polar surface area (TPSA) is 20.2 Å². The first-order chi connectivity index (χ1) is 7.81. The Morgan fingerprint density at radius 1 is 0.938 bits per heavy atom. The fraction of sp³-hybridized carbons (Fsp3) is 0.200. The molecule has 16 heavy (non-hydrogen) atoms. The molecule has 82 valence electrons. The number of benzene rings is 2. The second-order valence-corrected chi connectivity index (χ2v) is 4.04. The molecule has 0 aliphatic heterocycles. The van der Waals surface area contributed by atoms with E-state index in [2.05, 4.69) is 43.3 Å². The highest BCUT2D eigenvalue weighted by atomic mass is 16.3. The Bertz CT molecular complexity index is 448. The molecule has 2 aromatic carbocycles. The van der Waals surface area contributed by atoms with Crippen LogP contribution in [0, 0.1) is 0 Å². The van der Waals surface area contributed by atoms with Gasteiger partial charge in [0.15, 0.2) is 0 Å². The van der Waals surface area contributed by atoms with Gasteiger partial charge in [0.25, 0.3) is 0 Å². The number of aliphatic hydroxyl groups excluding tert-OH is 1. The third kappa shape index (κ3) is 2.31. The molecule has 1 nitrogen and oxygen atoms in total. The molecule has 0 aromatic heterocycles. The predicted molar refractivity (Wildman–Crippen MR) is 66.3 cm³/mol. The van der Waals surface area contributed by atoms with Crippen molar-refractivity contribution >= 4 is 0 Å². The molecule has 0 aliphatic rings. The third-order valence-corrected chi connectivity index (χ3v) is 2.93. The zero-order chi connectivity index (χ0) is 11.4. The largest absolute Gasteiger partial charge is 0.392 e. The zero-order valence-corrected chi connectivity index (χ0v) is 9.43. The van der Waals surface area contributed by atoms with Crippen molar-refractivity contribution in [3.8, 4) is 0 Å². The second-order valence-electron chi connectivity index (χ2n) is 4.04. The molecule has 0 radical (unpaired) electrons. The van der Waals surface area contributed by atoms with Crippen LogP contribution in [0.1, 0.15) is 29.5 Å². The lowest BCUT2D eigenvalue weighted by atomic mass is 9.92. The highest BCUT2D eigenvalue weighted by Crippen LogP contribution is 2.24. The number of hydrogen-bond donors (Lipinski definition) is 1. The van der Waals surface area contributed by atoms with Crippen LogP contribution >= 0.6 is 0 Å². The van der Waals surface area contributed by atoms with Crippen LogP contribution in [-0.2, 0) is 6.61 Å². The molecule has 2 aromatic rings. The van der Waals surface area contributed by atoms with Crippen LogP contribution in [0.3, 0.4) is 0 Å². The molecular weight excluding hydrogens is 196 g/mol. The summed E-state index contributed by atoms with van der Waals surface area (Å²) in [6.07, 6.45) is 0. The van der Waals surface area contributed by atoms with Crippen molar-refractivity contribution in [3.05, 3.63) is 71.3 Å². The van der Waals surface area contributed by atoms with Gasteiger partial charge in [-0.15, -0.1) is 0 Å². The maximum atomic E-state index is 9.11. The lowest BCUT2D eigenvalue weighted by Gasteiger charge is -2.13. The maximum Gasteiger partial charge on any atom is 0.0681 e. The standard InChI is InChI=1S/C15H16O/c1-12(14-7-3-2-4-8-14)15-9-5-6-13(10-15)11-16/h2-10,12,16H,11H2,1H3. The van der Waals surface area contributed by atoms with E-state index in [0.717, 1.165) is 5.56 Å². The van der Waals surface area contributed by atoms with Crippen LogP contribution in [0.25, 0.3) is 0 Å². The van der Waals surface area contributed by atoms with Gasteiger partial charge in [0.2, 0.25) is 0 Å². The monoisotopic (exact) mass is 212 g/mol. The Kier molecular flexibility index (Phi) is 3.37. The lowest BCUT2D eigenvalue weighted by molar-refractivity contribution is 0.281. The van der Waals surface area contributed by atoms with Gasteiger partial charge in [0, 0.05) is 5.92 Å². The molecule has 1 heteroatoms. The third-order valence-electron chi connectivity index (χ3n) is 2.93. The minimum absolute atomic E-state index is 0.106. The van der Waals surface area contributed by atoms with Crippen molar-refractivity contribution in [2.24, 2.45) is 0 Å². The number of rotatable bonds is 3. The smallest absolute Gasteiger partial charge is 0.0681 e. The van der Waals surface area contributed by atoms with E-state index in [-0.39, 0.29) is 6.61 Å². The summed E-state index contributed by atoms with van der Waals surface area (Å²) in [5, 5.41) is 9.11. The average molecular weight is 212 g/mol. The van der Waals surface area contributed by atoms with Gasteiger partial charge in [-0.1, -0.05) is 61.5 Å². The Hall–Kier alpha value is -1.60. The lowest BCUT2D eigenvalue weighted by Crippen LogP contribution is -1.96. The molecule has 2 rings (SSSR count). The predicted octanol–water partition coefficient (Wildman–Crippen LogP) is 3.33. The summed E-state index contributed by atoms with van der Waals surface area (Å²) in [5.74, 6) is 0.368.